The second-order valence-electron chi connectivity index (χ2n) is 11.9. The molecule has 10 heteroatoms. The summed E-state index contributed by atoms with van der Waals surface area (Å²) < 4.78 is 27.0. The molecule has 1 aliphatic carbocycles. The Kier molecular flexibility index (Phi) is 13.3. The number of rotatable bonds is 17. The molecule has 0 bridgehead atoms. The van der Waals surface area contributed by atoms with Gasteiger partial charge in [-0.3, -0.25) is 9.10 Å². The Labute approximate surface area is 258 Å². The highest BCUT2D eigenvalue weighted by Crippen LogP contribution is 2.29. The molecule has 1 saturated carbocycles. The Morgan fingerprint density at radius 1 is 1.14 bits per heavy atom. The number of pyridine rings is 1. The number of anilines is 2. The Morgan fingerprint density at radius 2 is 1.86 bits per heavy atom. The highest BCUT2D eigenvalue weighted by Gasteiger charge is 2.27. The fraction of sp³-hybridized carbons (Fsp3) is 0.576. The third-order valence-corrected chi connectivity index (χ3v) is 9.55. The van der Waals surface area contributed by atoms with Gasteiger partial charge < -0.3 is 21.1 Å². The van der Waals surface area contributed by atoms with Crippen molar-refractivity contribution in [3.05, 3.63) is 53.6 Å². The molecule has 2 aromatic rings. The molecule has 236 valence electrons. The van der Waals surface area contributed by atoms with Crippen molar-refractivity contribution in [3.8, 4) is 11.8 Å². The van der Waals surface area contributed by atoms with Crippen LogP contribution < -0.4 is 20.3 Å². The van der Waals surface area contributed by atoms with E-state index in [9.17, 15) is 18.3 Å². The van der Waals surface area contributed by atoms with Crippen LogP contribution in [-0.4, -0.2) is 68.5 Å². The number of carbonyl (C=O) groups excluding carboxylic acids is 1. The minimum absolute atomic E-state index is 0.170. The van der Waals surface area contributed by atoms with Crippen LogP contribution >= 0.6 is 0 Å². The van der Waals surface area contributed by atoms with Crippen molar-refractivity contribution in [2.75, 3.05) is 36.3 Å². The van der Waals surface area contributed by atoms with Crippen LogP contribution in [0.25, 0.3) is 0 Å². The lowest BCUT2D eigenvalue weighted by Crippen LogP contribution is -2.48. The van der Waals surface area contributed by atoms with E-state index < -0.39 is 33.3 Å². The van der Waals surface area contributed by atoms with Crippen LogP contribution in [0.15, 0.2) is 42.5 Å². The number of aliphatic hydroxyl groups excluding tert-OH is 1. The van der Waals surface area contributed by atoms with Crippen LogP contribution in [0.4, 0.5) is 11.6 Å². The molecule has 1 heterocycles. The highest BCUT2D eigenvalue weighted by molar-refractivity contribution is 7.93. The summed E-state index contributed by atoms with van der Waals surface area (Å²) in [6.07, 6.45) is 4.33. The van der Waals surface area contributed by atoms with Crippen LogP contribution in [0.1, 0.15) is 75.7 Å². The van der Waals surface area contributed by atoms with E-state index in [4.69, 9.17) is 0 Å². The maximum atomic E-state index is 13.7. The first-order chi connectivity index (χ1) is 20.5. The zero-order valence-corrected chi connectivity index (χ0v) is 27.1. The van der Waals surface area contributed by atoms with Crippen molar-refractivity contribution in [3.63, 3.8) is 0 Å². The number of sulfonamides is 1. The summed E-state index contributed by atoms with van der Waals surface area (Å²) in [4.78, 5) is 18.2. The van der Waals surface area contributed by atoms with Gasteiger partial charge in [0.25, 0.3) is 5.91 Å². The predicted octanol–water partition coefficient (Wildman–Crippen LogP) is 4.20. The lowest BCUT2D eigenvalue weighted by molar-refractivity contribution is 0.0819. The van der Waals surface area contributed by atoms with Gasteiger partial charge in [-0.1, -0.05) is 44.2 Å². The molecule has 2 unspecified atom stereocenters. The average Bonchev–Trinajstić information content (AvgIpc) is 3.82. The first-order valence-electron chi connectivity index (χ1n) is 15.4. The zero-order chi connectivity index (χ0) is 31.4. The minimum atomic E-state index is -3.65. The average molecular weight is 612 g/mol. The Morgan fingerprint density at radius 3 is 2.51 bits per heavy atom. The smallest absolute Gasteiger partial charge is 0.251 e. The van der Waals surface area contributed by atoms with Gasteiger partial charge in [0.15, 0.2) is 0 Å². The van der Waals surface area contributed by atoms with E-state index in [2.05, 4.69) is 46.6 Å². The summed E-state index contributed by atoms with van der Waals surface area (Å²) in [5, 5.41) is 20.1. The van der Waals surface area contributed by atoms with Gasteiger partial charge in [-0.2, -0.15) is 0 Å². The third-order valence-electron chi connectivity index (χ3n) is 7.41. The third kappa shape index (κ3) is 11.5. The van der Waals surface area contributed by atoms with Crippen LogP contribution in [0.2, 0.25) is 0 Å². The van der Waals surface area contributed by atoms with Gasteiger partial charge in [0.1, 0.15) is 11.6 Å². The van der Waals surface area contributed by atoms with Crippen LogP contribution in [-0.2, 0) is 16.4 Å². The number of carbonyl (C=O) groups is 1. The molecule has 0 spiro atoms. The van der Waals surface area contributed by atoms with Crippen LogP contribution in [0.3, 0.4) is 0 Å². The van der Waals surface area contributed by atoms with E-state index in [-0.39, 0.29) is 11.4 Å². The van der Waals surface area contributed by atoms with Gasteiger partial charge in [0.05, 0.1) is 17.4 Å². The van der Waals surface area contributed by atoms with E-state index in [0.717, 1.165) is 35.6 Å². The van der Waals surface area contributed by atoms with E-state index in [0.29, 0.717) is 50.1 Å². The number of aryl methyl sites for hydroxylation is 1. The second-order valence-corrected chi connectivity index (χ2v) is 14.5. The topological polar surface area (TPSA) is 124 Å². The van der Waals surface area contributed by atoms with Crippen molar-refractivity contribution in [1.82, 2.24) is 15.6 Å². The molecular weight excluding hydrogens is 562 g/mol. The standard InChI is InChI=1S/C33H49N5O4S/c1-24(2)12-8-7-11-19-34-23-30(39)29(18-17-26-13-9-6-10-14-26)36-33(40)28-20-31(35-22-27-15-16-27)37-32(21-28)38(5)43(41,42)25(3)4/h6,9-10,13-14,20-21,24-25,27,29-30,34,39H,7,11,15-19,22-23H2,1-5H3,(H,35,37)(H,36,40). The monoisotopic (exact) mass is 611 g/mol. The van der Waals surface area contributed by atoms with E-state index in [1.165, 1.54) is 13.1 Å². The van der Waals surface area contributed by atoms with Gasteiger partial charge in [-0.15, -0.1) is 11.8 Å². The zero-order valence-electron chi connectivity index (χ0n) is 26.3. The van der Waals surface area contributed by atoms with E-state index in [1.807, 2.05) is 30.3 Å². The summed E-state index contributed by atoms with van der Waals surface area (Å²) in [6.45, 7) is 9.10. The highest BCUT2D eigenvalue weighted by atomic mass is 32.2. The first-order valence-corrected chi connectivity index (χ1v) is 16.9. The fourth-order valence-electron chi connectivity index (χ4n) is 4.47. The van der Waals surface area contributed by atoms with Gasteiger partial charge in [0.2, 0.25) is 10.0 Å². The quantitative estimate of drug-likeness (QED) is 0.156. The Balaban J connectivity index is 1.76. The number of nitrogens with one attached hydrogen (secondary N) is 3. The van der Waals surface area contributed by atoms with Crippen LogP contribution in [0.5, 0.6) is 0 Å². The van der Waals surface area contributed by atoms with Crippen molar-refractivity contribution in [2.45, 2.75) is 83.6 Å². The SMILES string of the molecule is CC(C)C#CCCCNCC(O)C(CCc1ccccc1)NC(=O)c1cc(NCC2CC2)nc(N(C)S(=O)(=O)C(C)C)c1. The van der Waals surface area contributed by atoms with Gasteiger partial charge in [-0.05, 0) is 76.1 Å². The Bertz CT molecular complexity index is 1330. The normalized spacial score (nSPS) is 14.6. The fourth-order valence-corrected chi connectivity index (χ4v) is 5.45. The molecule has 1 amide bonds. The molecule has 3 rings (SSSR count). The number of nitrogens with zero attached hydrogens (tertiary/aromatic N) is 2. The maximum absolute atomic E-state index is 13.7. The van der Waals surface area contributed by atoms with E-state index >= 15 is 0 Å². The number of amides is 1. The maximum Gasteiger partial charge on any atom is 0.251 e. The molecule has 0 saturated heterocycles. The Hall–Kier alpha value is -3.13. The minimum Gasteiger partial charge on any atom is -0.390 e. The molecule has 43 heavy (non-hydrogen) atoms. The summed E-state index contributed by atoms with van der Waals surface area (Å²) in [7, 11) is -2.20. The lowest BCUT2D eigenvalue weighted by Gasteiger charge is -2.26. The van der Waals surface area contributed by atoms with Crippen molar-refractivity contribution in [2.24, 2.45) is 11.8 Å². The van der Waals surface area contributed by atoms with Gasteiger partial charge in [0, 0.05) is 38.0 Å². The summed E-state index contributed by atoms with van der Waals surface area (Å²) in [6, 6.07) is 12.6. The van der Waals surface area contributed by atoms with Gasteiger partial charge >= 0.3 is 0 Å². The number of aromatic nitrogens is 1. The predicted molar refractivity (Wildman–Crippen MR) is 175 cm³/mol. The molecule has 1 aromatic heterocycles. The number of hydrogen-bond acceptors (Lipinski definition) is 7. The van der Waals surface area contributed by atoms with Crippen LogP contribution in [0, 0.1) is 23.7 Å². The molecular formula is C33H49N5O4S. The van der Waals surface area contributed by atoms with E-state index in [1.54, 1.807) is 19.9 Å². The number of hydrogen-bond donors (Lipinski definition) is 4. The van der Waals surface area contributed by atoms with Crippen molar-refractivity contribution < 1.29 is 18.3 Å². The summed E-state index contributed by atoms with van der Waals surface area (Å²) in [5.74, 6) is 7.46. The molecule has 1 aromatic carbocycles. The second kappa shape index (κ2) is 16.6. The first kappa shape index (κ1) is 34.4. The summed E-state index contributed by atoms with van der Waals surface area (Å²) >= 11 is 0. The van der Waals surface area contributed by atoms with Gasteiger partial charge in [-0.25, -0.2) is 13.4 Å². The molecule has 0 radical (unpaired) electrons. The molecule has 9 nitrogen and oxygen atoms in total. The number of aliphatic hydroxyl groups is 1. The number of benzene rings is 1. The molecule has 1 fully saturated rings. The number of unbranched alkanes of at least 4 members (excludes halogenated alkanes) is 1. The molecule has 4 N–H and O–H groups in total. The molecule has 0 aliphatic heterocycles. The largest absolute Gasteiger partial charge is 0.390 e. The van der Waals surface area contributed by atoms with Crippen molar-refractivity contribution >= 4 is 27.6 Å². The summed E-state index contributed by atoms with van der Waals surface area (Å²) in [5.41, 5.74) is 1.40. The molecule has 2 atom stereocenters. The molecule has 1 aliphatic rings. The lowest BCUT2D eigenvalue weighted by atomic mass is 10.0. The van der Waals surface area contributed by atoms with Crippen molar-refractivity contribution in [1.29, 1.82) is 0 Å².